The average molecular weight is 307 g/mol. The number of carbonyl (C=O) groups excluding carboxylic acids is 1. The molecule has 0 aromatic heterocycles. The molecule has 0 spiro atoms. The van der Waals surface area contributed by atoms with Gasteiger partial charge < -0.3 is 10.4 Å². The zero-order valence-electron chi connectivity index (χ0n) is 13.9. The van der Waals surface area contributed by atoms with Crippen molar-refractivity contribution in [3.63, 3.8) is 0 Å². The summed E-state index contributed by atoms with van der Waals surface area (Å²) in [6, 6.07) is 11.7. The highest BCUT2D eigenvalue weighted by atomic mass is 16.3. The lowest BCUT2D eigenvalue weighted by molar-refractivity contribution is -0.110. The van der Waals surface area contributed by atoms with Gasteiger partial charge in [0.1, 0.15) is 5.75 Å². The number of rotatable bonds is 2. The molecule has 0 fully saturated rings. The molecule has 1 aliphatic heterocycles. The molecular formula is C20H21NO2. The Bertz CT molecular complexity index is 810. The van der Waals surface area contributed by atoms with Crippen molar-refractivity contribution in [2.75, 3.05) is 5.32 Å². The van der Waals surface area contributed by atoms with Crippen LogP contribution in [0.15, 0.2) is 42.0 Å². The number of phenolic OH excluding ortho intramolecular Hbond substituents is 1. The zero-order valence-corrected chi connectivity index (χ0v) is 13.9. The predicted molar refractivity (Wildman–Crippen MR) is 94.5 cm³/mol. The van der Waals surface area contributed by atoms with Crippen molar-refractivity contribution < 1.29 is 9.90 Å². The largest absolute Gasteiger partial charge is 0.507 e. The molecular weight excluding hydrogens is 286 g/mol. The molecule has 1 aliphatic rings. The molecule has 0 radical (unpaired) electrons. The Hall–Kier alpha value is -2.55. The van der Waals surface area contributed by atoms with Gasteiger partial charge in [-0.3, -0.25) is 4.79 Å². The summed E-state index contributed by atoms with van der Waals surface area (Å²) in [4.78, 5) is 12.1. The lowest BCUT2D eigenvalue weighted by Gasteiger charge is -2.11. The molecule has 1 heterocycles. The first-order chi connectivity index (χ1) is 10.9. The van der Waals surface area contributed by atoms with E-state index in [1.807, 2.05) is 32.0 Å². The maximum absolute atomic E-state index is 12.1. The second-order valence-corrected chi connectivity index (χ2v) is 6.52. The number of carbonyl (C=O) groups is 1. The second-order valence-electron chi connectivity index (χ2n) is 6.52. The summed E-state index contributed by atoms with van der Waals surface area (Å²) in [6.45, 7) is 8.16. The van der Waals surface area contributed by atoms with E-state index in [1.54, 1.807) is 6.07 Å². The Kier molecular flexibility index (Phi) is 3.72. The smallest absolute Gasteiger partial charge is 0.256 e. The fraction of sp³-hybridized carbons (Fsp3) is 0.250. The number of allylic oxidation sites excluding steroid dienone is 1. The van der Waals surface area contributed by atoms with E-state index in [0.717, 1.165) is 22.3 Å². The number of aromatic hydroxyl groups is 1. The van der Waals surface area contributed by atoms with Crippen molar-refractivity contribution in [2.45, 2.75) is 33.6 Å². The number of anilines is 1. The Balaban J connectivity index is 2.12. The van der Waals surface area contributed by atoms with Gasteiger partial charge in [0, 0.05) is 22.8 Å². The third-order valence-electron chi connectivity index (χ3n) is 4.27. The molecule has 0 saturated carbocycles. The van der Waals surface area contributed by atoms with Crippen LogP contribution in [-0.4, -0.2) is 11.0 Å². The molecule has 0 unspecified atom stereocenters. The monoisotopic (exact) mass is 307 g/mol. The highest BCUT2D eigenvalue weighted by molar-refractivity contribution is 6.32. The molecule has 0 atom stereocenters. The van der Waals surface area contributed by atoms with Gasteiger partial charge in [-0.05, 0) is 37.0 Å². The van der Waals surface area contributed by atoms with Crippen molar-refractivity contribution in [3.8, 4) is 16.9 Å². The van der Waals surface area contributed by atoms with E-state index in [-0.39, 0.29) is 11.7 Å². The van der Waals surface area contributed by atoms with E-state index in [0.29, 0.717) is 17.2 Å². The summed E-state index contributed by atoms with van der Waals surface area (Å²) < 4.78 is 0. The Morgan fingerprint density at radius 2 is 1.70 bits per heavy atom. The minimum absolute atomic E-state index is 0.105. The number of hydrogen-bond acceptors (Lipinski definition) is 2. The first-order valence-electron chi connectivity index (χ1n) is 7.85. The number of hydrogen-bond donors (Lipinski definition) is 2. The summed E-state index contributed by atoms with van der Waals surface area (Å²) in [5.41, 5.74) is 6.14. The molecule has 2 N–H and O–H groups in total. The molecule has 118 valence electrons. The number of amides is 1. The molecule has 0 aliphatic carbocycles. The van der Waals surface area contributed by atoms with Gasteiger partial charge in [-0.25, -0.2) is 0 Å². The van der Waals surface area contributed by atoms with E-state index in [1.165, 1.54) is 5.56 Å². The van der Waals surface area contributed by atoms with Crippen LogP contribution >= 0.6 is 0 Å². The van der Waals surface area contributed by atoms with Gasteiger partial charge in [0.2, 0.25) is 0 Å². The summed E-state index contributed by atoms with van der Waals surface area (Å²) in [7, 11) is 0. The molecule has 3 heteroatoms. The Morgan fingerprint density at radius 3 is 2.26 bits per heavy atom. The SMILES string of the molecule is CC(C)=C1C(=O)Nc2cc(O)c(-c3ccc(C(C)C)cc3)cc21. The van der Waals surface area contributed by atoms with Gasteiger partial charge >= 0.3 is 0 Å². The van der Waals surface area contributed by atoms with Crippen molar-refractivity contribution in [1.82, 2.24) is 0 Å². The van der Waals surface area contributed by atoms with Crippen LogP contribution in [0.25, 0.3) is 16.7 Å². The minimum atomic E-state index is -0.105. The highest BCUT2D eigenvalue weighted by Crippen LogP contribution is 2.41. The molecule has 1 amide bonds. The van der Waals surface area contributed by atoms with Gasteiger partial charge in [-0.2, -0.15) is 0 Å². The van der Waals surface area contributed by atoms with Gasteiger partial charge in [-0.15, -0.1) is 0 Å². The van der Waals surface area contributed by atoms with E-state index in [4.69, 9.17) is 0 Å². The van der Waals surface area contributed by atoms with Crippen LogP contribution < -0.4 is 5.32 Å². The van der Waals surface area contributed by atoms with Gasteiger partial charge in [0.15, 0.2) is 0 Å². The first-order valence-corrected chi connectivity index (χ1v) is 7.85. The third kappa shape index (κ3) is 2.63. The number of fused-ring (bicyclic) bond motifs is 1. The third-order valence-corrected chi connectivity index (χ3v) is 4.27. The van der Waals surface area contributed by atoms with E-state index >= 15 is 0 Å². The van der Waals surface area contributed by atoms with Crippen molar-refractivity contribution >= 4 is 17.2 Å². The summed E-state index contributed by atoms with van der Waals surface area (Å²) in [5, 5.41) is 13.2. The second kappa shape index (κ2) is 5.58. The maximum atomic E-state index is 12.1. The molecule has 2 aromatic rings. The van der Waals surface area contributed by atoms with Crippen LogP contribution in [0.1, 0.15) is 44.7 Å². The fourth-order valence-corrected chi connectivity index (χ4v) is 2.98. The quantitative estimate of drug-likeness (QED) is 0.773. The van der Waals surface area contributed by atoms with E-state index < -0.39 is 0 Å². The minimum Gasteiger partial charge on any atom is -0.507 e. The topological polar surface area (TPSA) is 49.3 Å². The summed E-state index contributed by atoms with van der Waals surface area (Å²) >= 11 is 0. The number of benzene rings is 2. The lowest BCUT2D eigenvalue weighted by atomic mass is 9.95. The van der Waals surface area contributed by atoms with Crippen LogP contribution in [-0.2, 0) is 4.79 Å². The standard InChI is InChI=1S/C20H21NO2/c1-11(2)13-5-7-14(8-6-13)15-9-16-17(10-18(15)22)21-20(23)19(16)12(3)4/h5-11,22H,1-4H3,(H,21,23). The fourth-order valence-electron chi connectivity index (χ4n) is 2.98. The summed E-state index contributed by atoms with van der Waals surface area (Å²) in [5.74, 6) is 0.542. The van der Waals surface area contributed by atoms with Crippen LogP contribution in [0, 0.1) is 0 Å². The predicted octanol–water partition coefficient (Wildman–Crippen LogP) is 4.93. The van der Waals surface area contributed by atoms with Crippen LogP contribution in [0.5, 0.6) is 5.75 Å². The van der Waals surface area contributed by atoms with Crippen LogP contribution in [0.2, 0.25) is 0 Å². The molecule has 0 saturated heterocycles. The van der Waals surface area contributed by atoms with Gasteiger partial charge in [0.05, 0.1) is 5.69 Å². The maximum Gasteiger partial charge on any atom is 0.256 e. The normalized spacial score (nSPS) is 13.3. The van der Waals surface area contributed by atoms with E-state index in [9.17, 15) is 9.90 Å². The van der Waals surface area contributed by atoms with Crippen LogP contribution in [0.4, 0.5) is 5.69 Å². The van der Waals surface area contributed by atoms with Crippen molar-refractivity contribution in [1.29, 1.82) is 0 Å². The van der Waals surface area contributed by atoms with Crippen LogP contribution in [0.3, 0.4) is 0 Å². The Labute approximate surface area is 136 Å². The molecule has 3 rings (SSSR count). The van der Waals surface area contributed by atoms with Gasteiger partial charge in [-0.1, -0.05) is 43.7 Å². The molecule has 23 heavy (non-hydrogen) atoms. The number of nitrogens with one attached hydrogen (secondary N) is 1. The molecule has 0 bridgehead atoms. The summed E-state index contributed by atoms with van der Waals surface area (Å²) in [6.07, 6.45) is 0. The first kappa shape index (κ1) is 15.3. The molecule has 3 nitrogen and oxygen atoms in total. The van der Waals surface area contributed by atoms with E-state index in [2.05, 4.69) is 31.3 Å². The highest BCUT2D eigenvalue weighted by Gasteiger charge is 2.27. The lowest BCUT2D eigenvalue weighted by Crippen LogP contribution is -2.04. The number of phenols is 1. The average Bonchev–Trinajstić information content (AvgIpc) is 2.81. The van der Waals surface area contributed by atoms with Gasteiger partial charge in [0.25, 0.3) is 5.91 Å². The Morgan fingerprint density at radius 1 is 1.04 bits per heavy atom. The molecule has 2 aromatic carbocycles. The zero-order chi connectivity index (χ0) is 16.7. The van der Waals surface area contributed by atoms with Crippen molar-refractivity contribution in [3.05, 3.63) is 53.1 Å². The van der Waals surface area contributed by atoms with Crippen molar-refractivity contribution in [2.24, 2.45) is 0 Å².